The van der Waals surface area contributed by atoms with Crippen LogP contribution in [0.5, 0.6) is 5.88 Å². The molecule has 2 aromatic heterocycles. The predicted octanol–water partition coefficient (Wildman–Crippen LogP) is 4.57. The highest BCUT2D eigenvalue weighted by atomic mass is 79.9. The summed E-state index contributed by atoms with van der Waals surface area (Å²) in [6, 6.07) is 12.0. The minimum absolute atomic E-state index is 0.631. The molecule has 0 bridgehead atoms. The first-order valence-corrected chi connectivity index (χ1v) is 8.12. The van der Waals surface area contributed by atoms with E-state index in [-0.39, 0.29) is 0 Å². The van der Waals surface area contributed by atoms with Crippen molar-refractivity contribution < 1.29 is 4.74 Å². The molecule has 0 amide bonds. The van der Waals surface area contributed by atoms with Gasteiger partial charge >= 0.3 is 0 Å². The van der Waals surface area contributed by atoms with Crippen LogP contribution in [0.4, 0.5) is 0 Å². The Bertz CT molecular complexity index is 740. The van der Waals surface area contributed by atoms with Gasteiger partial charge in [-0.15, -0.1) is 11.3 Å². The first-order chi connectivity index (χ1) is 10.3. The van der Waals surface area contributed by atoms with Crippen molar-refractivity contribution in [1.29, 1.82) is 0 Å². The third-order valence-corrected chi connectivity index (χ3v) is 4.60. The molecule has 3 rings (SSSR count). The van der Waals surface area contributed by atoms with E-state index in [1.807, 2.05) is 36.5 Å². The predicted molar refractivity (Wildman–Crippen MR) is 88.8 cm³/mol. The van der Waals surface area contributed by atoms with Crippen molar-refractivity contribution >= 4 is 27.3 Å². The Hall–Kier alpha value is -1.72. The standard InChI is InChI=1S/C16H13BrN2OS/c1-20-15-7-6-11(9-18-15)8-16-19-14(10-21-16)12-4-2-3-5-13(12)17/h2-7,9-10H,8H2,1H3. The molecule has 21 heavy (non-hydrogen) atoms. The van der Waals surface area contributed by atoms with Gasteiger partial charge in [-0.3, -0.25) is 0 Å². The van der Waals surface area contributed by atoms with E-state index in [4.69, 9.17) is 9.72 Å². The summed E-state index contributed by atoms with van der Waals surface area (Å²) in [5, 5.41) is 3.17. The molecule has 0 radical (unpaired) electrons. The normalized spacial score (nSPS) is 10.6. The number of benzene rings is 1. The summed E-state index contributed by atoms with van der Waals surface area (Å²) >= 11 is 5.23. The second-order valence-corrected chi connectivity index (χ2v) is 6.29. The zero-order valence-electron chi connectivity index (χ0n) is 11.4. The van der Waals surface area contributed by atoms with Crippen LogP contribution in [-0.4, -0.2) is 17.1 Å². The van der Waals surface area contributed by atoms with Gasteiger partial charge in [0.15, 0.2) is 0 Å². The molecule has 0 unspecified atom stereocenters. The largest absolute Gasteiger partial charge is 0.481 e. The summed E-state index contributed by atoms with van der Waals surface area (Å²) in [6.45, 7) is 0. The third-order valence-electron chi connectivity index (χ3n) is 3.06. The van der Waals surface area contributed by atoms with Crippen molar-refractivity contribution in [3.05, 3.63) is 63.0 Å². The monoisotopic (exact) mass is 360 g/mol. The molecule has 106 valence electrons. The minimum Gasteiger partial charge on any atom is -0.481 e. The number of methoxy groups -OCH3 is 1. The summed E-state index contributed by atoms with van der Waals surface area (Å²) in [5.41, 5.74) is 3.25. The number of aromatic nitrogens is 2. The first kappa shape index (κ1) is 14.2. The SMILES string of the molecule is COc1ccc(Cc2nc(-c3ccccc3Br)cs2)cn1. The molecule has 0 aliphatic rings. The third kappa shape index (κ3) is 3.31. The lowest BCUT2D eigenvalue weighted by Crippen LogP contribution is -1.91. The van der Waals surface area contributed by atoms with Gasteiger partial charge in [0, 0.05) is 34.1 Å². The number of hydrogen-bond acceptors (Lipinski definition) is 4. The lowest BCUT2D eigenvalue weighted by molar-refractivity contribution is 0.397. The van der Waals surface area contributed by atoms with Crippen molar-refractivity contribution in [2.75, 3.05) is 7.11 Å². The number of halogens is 1. The van der Waals surface area contributed by atoms with E-state index < -0.39 is 0 Å². The second kappa shape index (κ2) is 6.37. The van der Waals surface area contributed by atoms with Crippen molar-refractivity contribution in [2.45, 2.75) is 6.42 Å². The van der Waals surface area contributed by atoms with Gasteiger partial charge in [0.05, 0.1) is 17.8 Å². The van der Waals surface area contributed by atoms with Gasteiger partial charge in [-0.1, -0.05) is 40.2 Å². The van der Waals surface area contributed by atoms with Crippen LogP contribution in [0.3, 0.4) is 0 Å². The highest BCUT2D eigenvalue weighted by Gasteiger charge is 2.08. The Morgan fingerprint density at radius 1 is 1.19 bits per heavy atom. The van der Waals surface area contributed by atoms with Crippen LogP contribution < -0.4 is 4.74 Å². The summed E-state index contributed by atoms with van der Waals surface area (Å²) in [5.74, 6) is 0.631. The molecule has 2 heterocycles. The van der Waals surface area contributed by atoms with Crippen molar-refractivity contribution in [3.8, 4) is 17.1 Å². The van der Waals surface area contributed by atoms with E-state index in [1.165, 1.54) is 0 Å². The Morgan fingerprint density at radius 3 is 2.76 bits per heavy atom. The summed E-state index contributed by atoms with van der Waals surface area (Å²) in [7, 11) is 1.62. The number of thiazole rings is 1. The van der Waals surface area contributed by atoms with Gasteiger partial charge < -0.3 is 4.74 Å². The molecule has 5 heteroatoms. The molecule has 0 spiro atoms. The lowest BCUT2D eigenvalue weighted by atomic mass is 10.2. The van der Waals surface area contributed by atoms with E-state index in [2.05, 4.69) is 32.4 Å². The van der Waals surface area contributed by atoms with E-state index in [1.54, 1.807) is 18.4 Å². The Morgan fingerprint density at radius 2 is 2.05 bits per heavy atom. The van der Waals surface area contributed by atoms with E-state index in [0.29, 0.717) is 5.88 Å². The van der Waals surface area contributed by atoms with Crippen LogP contribution in [0, 0.1) is 0 Å². The molecular formula is C16H13BrN2OS. The molecule has 0 atom stereocenters. The Kier molecular flexibility index (Phi) is 4.31. The van der Waals surface area contributed by atoms with Crippen LogP contribution in [0.15, 0.2) is 52.4 Å². The maximum absolute atomic E-state index is 5.07. The quantitative estimate of drug-likeness (QED) is 0.683. The summed E-state index contributed by atoms with van der Waals surface area (Å²) in [4.78, 5) is 8.93. The van der Waals surface area contributed by atoms with Gasteiger partial charge in [-0.05, 0) is 11.6 Å². The fourth-order valence-corrected chi connectivity index (χ4v) is 3.31. The molecule has 0 saturated heterocycles. The maximum atomic E-state index is 5.07. The topological polar surface area (TPSA) is 35.0 Å². The van der Waals surface area contributed by atoms with Crippen molar-refractivity contribution in [1.82, 2.24) is 9.97 Å². The van der Waals surface area contributed by atoms with Crippen LogP contribution in [0.2, 0.25) is 0 Å². The minimum atomic E-state index is 0.631. The average molecular weight is 361 g/mol. The number of ether oxygens (including phenoxy) is 1. The van der Waals surface area contributed by atoms with Gasteiger partial charge in [-0.25, -0.2) is 9.97 Å². The zero-order chi connectivity index (χ0) is 14.7. The van der Waals surface area contributed by atoms with Gasteiger partial charge in [0.25, 0.3) is 0 Å². The van der Waals surface area contributed by atoms with Crippen molar-refractivity contribution in [3.63, 3.8) is 0 Å². The Labute approximate surface area is 135 Å². The first-order valence-electron chi connectivity index (χ1n) is 6.44. The second-order valence-electron chi connectivity index (χ2n) is 4.49. The van der Waals surface area contributed by atoms with Gasteiger partial charge in [0.1, 0.15) is 0 Å². The molecule has 1 aromatic carbocycles. The van der Waals surface area contributed by atoms with Crippen molar-refractivity contribution in [2.24, 2.45) is 0 Å². The molecule has 0 saturated carbocycles. The van der Waals surface area contributed by atoms with Gasteiger partial charge in [-0.2, -0.15) is 0 Å². The maximum Gasteiger partial charge on any atom is 0.212 e. The molecule has 3 nitrogen and oxygen atoms in total. The Balaban J connectivity index is 1.80. The van der Waals surface area contributed by atoms with Crippen LogP contribution in [0.25, 0.3) is 11.3 Å². The lowest BCUT2D eigenvalue weighted by Gasteiger charge is -2.01. The molecule has 0 aliphatic heterocycles. The zero-order valence-corrected chi connectivity index (χ0v) is 13.8. The molecular weight excluding hydrogens is 348 g/mol. The fourth-order valence-electron chi connectivity index (χ4n) is 2.00. The highest BCUT2D eigenvalue weighted by molar-refractivity contribution is 9.10. The molecule has 0 N–H and O–H groups in total. The number of hydrogen-bond donors (Lipinski definition) is 0. The van der Waals surface area contributed by atoms with Gasteiger partial charge in [0.2, 0.25) is 5.88 Å². The van der Waals surface area contributed by atoms with E-state index >= 15 is 0 Å². The number of nitrogens with zero attached hydrogens (tertiary/aromatic N) is 2. The fraction of sp³-hybridized carbons (Fsp3) is 0.125. The van der Waals surface area contributed by atoms with Crippen LogP contribution in [-0.2, 0) is 6.42 Å². The summed E-state index contributed by atoms with van der Waals surface area (Å²) < 4.78 is 6.13. The summed E-state index contributed by atoms with van der Waals surface area (Å²) in [6.07, 6.45) is 2.62. The van der Waals surface area contributed by atoms with Crippen LogP contribution >= 0.6 is 27.3 Å². The molecule has 3 aromatic rings. The molecule has 0 fully saturated rings. The average Bonchev–Trinajstić information content (AvgIpc) is 2.97. The highest BCUT2D eigenvalue weighted by Crippen LogP contribution is 2.29. The number of pyridine rings is 1. The van der Waals surface area contributed by atoms with Crippen LogP contribution in [0.1, 0.15) is 10.6 Å². The molecule has 0 aliphatic carbocycles. The smallest absolute Gasteiger partial charge is 0.212 e. The number of rotatable bonds is 4. The van der Waals surface area contributed by atoms with E-state index in [9.17, 15) is 0 Å². The van der Waals surface area contributed by atoms with E-state index in [0.717, 1.165) is 32.7 Å².